The first-order valence-electron chi connectivity index (χ1n) is 6.19. The van der Waals surface area contributed by atoms with Gasteiger partial charge in [0.25, 0.3) is 5.91 Å². The fourth-order valence-electron chi connectivity index (χ4n) is 1.48. The molecule has 1 aromatic rings. The topological polar surface area (TPSA) is 64.9 Å². The van der Waals surface area contributed by atoms with Crippen molar-refractivity contribution < 1.29 is 18.0 Å². The zero-order valence-corrected chi connectivity index (χ0v) is 12.5. The normalized spacial score (nSPS) is 12.0. The lowest BCUT2D eigenvalue weighted by molar-refractivity contribution is -0.137. The van der Waals surface area contributed by atoms with E-state index in [-0.39, 0.29) is 17.3 Å². The molecule has 0 saturated heterocycles. The molecule has 0 spiro atoms. The summed E-state index contributed by atoms with van der Waals surface area (Å²) in [6.45, 7) is 3.43. The molecule has 2 N–H and O–H groups in total. The van der Waals surface area contributed by atoms with E-state index in [0.717, 1.165) is 18.3 Å². The zero-order valence-electron chi connectivity index (χ0n) is 11.8. The Morgan fingerprint density at radius 3 is 2.55 bits per heavy atom. The molecular weight excluding hydrogens is 319 g/mol. The van der Waals surface area contributed by atoms with Crippen LogP contribution < -0.4 is 10.6 Å². The van der Waals surface area contributed by atoms with Crippen LogP contribution in [0.1, 0.15) is 19.4 Å². The van der Waals surface area contributed by atoms with Gasteiger partial charge >= 0.3 is 6.18 Å². The number of hydrogen-bond donors (Lipinski definition) is 2. The number of nitrogens with zero attached hydrogens (tertiary/aromatic N) is 1. The van der Waals surface area contributed by atoms with Crippen LogP contribution in [0.3, 0.4) is 0 Å². The minimum atomic E-state index is -4.59. The monoisotopic (exact) mass is 331 g/mol. The predicted molar refractivity (Wildman–Crippen MR) is 77.1 cm³/mol. The summed E-state index contributed by atoms with van der Waals surface area (Å²) < 4.78 is 38.2. The summed E-state index contributed by atoms with van der Waals surface area (Å²) in [6, 6.07) is 4.69. The van der Waals surface area contributed by atoms with E-state index in [9.17, 15) is 18.0 Å². The highest BCUT2D eigenvalue weighted by Gasteiger charge is 2.33. The highest BCUT2D eigenvalue weighted by Crippen LogP contribution is 2.36. The smallest absolute Gasteiger partial charge is 0.360 e. The van der Waals surface area contributed by atoms with Crippen LogP contribution in [0.4, 0.5) is 18.9 Å². The molecule has 0 heterocycles. The Kier molecular flexibility index (Phi) is 5.83. The lowest BCUT2D eigenvalue weighted by Crippen LogP contribution is -2.31. The van der Waals surface area contributed by atoms with E-state index in [0.29, 0.717) is 0 Å². The molecule has 4 nitrogen and oxygen atoms in total. The average molecular weight is 332 g/mol. The zero-order chi connectivity index (χ0) is 16.9. The number of anilines is 1. The van der Waals surface area contributed by atoms with Crippen molar-refractivity contribution in [3.8, 4) is 6.07 Å². The SMILES string of the molecule is CC(C)NC(=O)/C(C#N)=C\Nc1ccc(Cl)c(C(F)(F)F)c1. The van der Waals surface area contributed by atoms with Crippen molar-refractivity contribution in [3.63, 3.8) is 0 Å². The molecule has 0 aliphatic rings. The largest absolute Gasteiger partial charge is 0.417 e. The molecule has 0 saturated carbocycles. The second-order valence-electron chi connectivity index (χ2n) is 4.63. The van der Waals surface area contributed by atoms with Crippen LogP contribution in [-0.4, -0.2) is 11.9 Å². The number of benzene rings is 1. The Bertz CT molecular complexity index is 633. The summed E-state index contributed by atoms with van der Waals surface area (Å²) in [6.07, 6.45) is -3.55. The number of amides is 1. The molecule has 8 heteroatoms. The molecule has 0 atom stereocenters. The highest BCUT2D eigenvalue weighted by molar-refractivity contribution is 6.31. The van der Waals surface area contributed by atoms with Gasteiger partial charge in [-0.2, -0.15) is 18.4 Å². The van der Waals surface area contributed by atoms with E-state index in [1.54, 1.807) is 19.9 Å². The second-order valence-corrected chi connectivity index (χ2v) is 5.04. The van der Waals surface area contributed by atoms with Crippen molar-refractivity contribution in [1.82, 2.24) is 5.32 Å². The number of nitrogens with one attached hydrogen (secondary N) is 2. The molecule has 0 aliphatic carbocycles. The summed E-state index contributed by atoms with van der Waals surface area (Å²) in [5.41, 5.74) is -1.20. The highest BCUT2D eigenvalue weighted by atomic mass is 35.5. The first-order valence-corrected chi connectivity index (χ1v) is 6.57. The Labute approximate surface area is 130 Å². The number of alkyl halides is 3. The predicted octanol–water partition coefficient (Wildman–Crippen LogP) is 3.70. The Hall–Kier alpha value is -2.20. The lowest BCUT2D eigenvalue weighted by Gasteiger charge is -2.11. The Balaban J connectivity index is 2.98. The van der Waals surface area contributed by atoms with Crippen LogP contribution in [0.5, 0.6) is 0 Å². The molecule has 1 amide bonds. The maximum absolute atomic E-state index is 12.7. The van der Waals surface area contributed by atoms with Crippen molar-refractivity contribution in [3.05, 3.63) is 40.6 Å². The van der Waals surface area contributed by atoms with Crippen LogP contribution in [0, 0.1) is 11.3 Å². The number of nitriles is 1. The Morgan fingerprint density at radius 2 is 2.05 bits per heavy atom. The van der Waals surface area contributed by atoms with Crippen molar-refractivity contribution in [2.75, 3.05) is 5.32 Å². The van der Waals surface area contributed by atoms with Gasteiger partial charge in [-0.25, -0.2) is 0 Å². The van der Waals surface area contributed by atoms with Crippen molar-refractivity contribution in [1.29, 1.82) is 5.26 Å². The van der Waals surface area contributed by atoms with Gasteiger partial charge in [0, 0.05) is 17.9 Å². The summed E-state index contributed by atoms with van der Waals surface area (Å²) >= 11 is 5.50. The molecule has 0 bridgehead atoms. The summed E-state index contributed by atoms with van der Waals surface area (Å²) in [7, 11) is 0. The number of rotatable bonds is 4. The lowest BCUT2D eigenvalue weighted by atomic mass is 10.2. The van der Waals surface area contributed by atoms with Gasteiger partial charge in [0.2, 0.25) is 0 Å². The minimum Gasteiger partial charge on any atom is -0.360 e. The van der Waals surface area contributed by atoms with Gasteiger partial charge in [-0.15, -0.1) is 0 Å². The number of carbonyl (C=O) groups is 1. The Morgan fingerprint density at radius 1 is 1.41 bits per heavy atom. The van der Waals surface area contributed by atoms with E-state index in [2.05, 4.69) is 10.6 Å². The number of hydrogen-bond acceptors (Lipinski definition) is 3. The molecule has 0 fully saturated rings. The third-order valence-electron chi connectivity index (χ3n) is 2.44. The van der Waals surface area contributed by atoms with Gasteiger partial charge in [0.15, 0.2) is 0 Å². The van der Waals surface area contributed by atoms with Crippen LogP contribution in [-0.2, 0) is 11.0 Å². The molecule has 1 aromatic carbocycles. The van der Waals surface area contributed by atoms with E-state index < -0.39 is 22.7 Å². The molecule has 0 radical (unpaired) electrons. The number of carbonyl (C=O) groups excluding carboxylic acids is 1. The molecule has 1 rings (SSSR count). The minimum absolute atomic E-state index is 0.0572. The summed E-state index contributed by atoms with van der Waals surface area (Å²) in [5.74, 6) is -0.616. The first kappa shape index (κ1) is 17.9. The van der Waals surface area contributed by atoms with Gasteiger partial charge in [-0.05, 0) is 32.0 Å². The van der Waals surface area contributed by atoms with E-state index in [1.807, 2.05) is 0 Å². The third kappa shape index (κ3) is 4.97. The fourth-order valence-corrected chi connectivity index (χ4v) is 1.70. The van der Waals surface area contributed by atoms with E-state index in [4.69, 9.17) is 16.9 Å². The molecule has 0 aromatic heterocycles. The standard InChI is InChI=1S/C14H13ClF3N3O/c1-8(2)21-13(22)9(6-19)7-20-10-3-4-12(15)11(5-10)14(16,17)18/h3-5,7-8,20H,1-2H3,(H,21,22)/b9-7-. The fraction of sp³-hybridized carbons (Fsp3) is 0.286. The molecule has 0 aliphatic heterocycles. The summed E-state index contributed by atoms with van der Waals surface area (Å²) in [5, 5.41) is 13.5. The van der Waals surface area contributed by atoms with Gasteiger partial charge < -0.3 is 10.6 Å². The van der Waals surface area contributed by atoms with Crippen LogP contribution in [0.15, 0.2) is 30.0 Å². The number of halogens is 4. The maximum atomic E-state index is 12.7. The van der Waals surface area contributed by atoms with E-state index in [1.165, 1.54) is 6.07 Å². The van der Waals surface area contributed by atoms with Crippen molar-refractivity contribution in [2.24, 2.45) is 0 Å². The van der Waals surface area contributed by atoms with Crippen molar-refractivity contribution >= 4 is 23.2 Å². The van der Waals surface area contributed by atoms with Crippen LogP contribution >= 0.6 is 11.6 Å². The molecule has 0 unspecified atom stereocenters. The average Bonchev–Trinajstić information content (AvgIpc) is 2.39. The van der Waals surface area contributed by atoms with Gasteiger partial charge in [-0.3, -0.25) is 4.79 Å². The maximum Gasteiger partial charge on any atom is 0.417 e. The molecule has 22 heavy (non-hydrogen) atoms. The molecular formula is C14H13ClF3N3O. The third-order valence-corrected chi connectivity index (χ3v) is 2.77. The van der Waals surface area contributed by atoms with Gasteiger partial charge in [0.1, 0.15) is 11.6 Å². The van der Waals surface area contributed by atoms with Gasteiger partial charge in [-0.1, -0.05) is 11.6 Å². The van der Waals surface area contributed by atoms with Crippen LogP contribution in [0.25, 0.3) is 0 Å². The first-order chi connectivity index (χ1) is 10.1. The van der Waals surface area contributed by atoms with Gasteiger partial charge in [0.05, 0.1) is 10.6 Å². The molecule has 118 valence electrons. The van der Waals surface area contributed by atoms with Crippen LogP contribution in [0.2, 0.25) is 5.02 Å². The van der Waals surface area contributed by atoms with E-state index >= 15 is 0 Å². The second kappa shape index (κ2) is 7.18. The summed E-state index contributed by atoms with van der Waals surface area (Å²) in [4.78, 5) is 11.6. The van der Waals surface area contributed by atoms with Crippen molar-refractivity contribution in [2.45, 2.75) is 26.1 Å². The quantitative estimate of drug-likeness (QED) is 0.653.